The first-order valence-corrected chi connectivity index (χ1v) is 10.1. The van der Waals surface area contributed by atoms with E-state index in [1.807, 2.05) is 51.1 Å². The molecule has 2 atom stereocenters. The number of amides is 1. The van der Waals surface area contributed by atoms with E-state index in [4.69, 9.17) is 12.6 Å². The Morgan fingerprint density at radius 2 is 2.00 bits per heavy atom. The fourth-order valence-electron chi connectivity index (χ4n) is 4.64. The fraction of sp³-hybridized carbons (Fsp3) is 0.435. The molecule has 1 saturated heterocycles. The Morgan fingerprint density at radius 3 is 2.69 bits per heavy atom. The summed E-state index contributed by atoms with van der Waals surface area (Å²) in [6, 6.07) is 12.6. The van der Waals surface area contributed by atoms with Crippen LogP contribution < -0.4 is 15.7 Å². The summed E-state index contributed by atoms with van der Waals surface area (Å²) in [7, 11) is 6.08. The molecule has 0 aromatic heterocycles. The summed E-state index contributed by atoms with van der Waals surface area (Å²) in [5.74, 6) is -0.236. The Hall–Kier alpha value is -2.34. The molecule has 2 unspecified atom stereocenters. The number of nitrogens with zero attached hydrogens (tertiary/aromatic N) is 1. The van der Waals surface area contributed by atoms with Gasteiger partial charge in [-0.05, 0) is 69.5 Å². The van der Waals surface area contributed by atoms with Crippen molar-refractivity contribution in [1.29, 1.82) is 0 Å². The van der Waals surface area contributed by atoms with Crippen LogP contribution in [-0.2, 0) is 16.6 Å². The molecule has 2 radical (unpaired) electrons. The lowest BCUT2D eigenvalue weighted by molar-refractivity contribution is 0.0569. The van der Waals surface area contributed by atoms with Crippen molar-refractivity contribution in [1.82, 2.24) is 5.32 Å². The topological polar surface area (TPSA) is 41.6 Å². The lowest BCUT2D eigenvalue weighted by Gasteiger charge is -2.45. The molecule has 2 aliphatic rings. The maximum absolute atomic E-state index is 13.4. The predicted molar refractivity (Wildman–Crippen MR) is 114 cm³/mol. The van der Waals surface area contributed by atoms with E-state index in [0.717, 1.165) is 36.2 Å². The second-order valence-electron chi connectivity index (χ2n) is 9.08. The third-order valence-electron chi connectivity index (χ3n) is 5.89. The monoisotopic (exact) mass is 392 g/mol. The SMILES string of the molecule is [B]c1ccc2c(c1)N(C(=O)OC(C)(C)C)CC1NCCC21Cc1ccc(F)cc1. The van der Waals surface area contributed by atoms with Gasteiger partial charge in [-0.1, -0.05) is 29.7 Å². The number of nitrogens with one attached hydrogen (secondary N) is 1. The van der Waals surface area contributed by atoms with Crippen LogP contribution in [0.15, 0.2) is 42.5 Å². The Morgan fingerprint density at radius 1 is 1.28 bits per heavy atom. The van der Waals surface area contributed by atoms with Crippen LogP contribution in [0.2, 0.25) is 0 Å². The van der Waals surface area contributed by atoms with Crippen LogP contribution in [0, 0.1) is 5.82 Å². The summed E-state index contributed by atoms with van der Waals surface area (Å²) in [6.07, 6.45) is 1.34. The fourth-order valence-corrected chi connectivity index (χ4v) is 4.64. The number of anilines is 1. The maximum atomic E-state index is 13.4. The highest BCUT2D eigenvalue weighted by molar-refractivity contribution is 6.32. The molecule has 2 aromatic carbocycles. The zero-order valence-electron chi connectivity index (χ0n) is 17.2. The van der Waals surface area contributed by atoms with Gasteiger partial charge in [0, 0.05) is 18.0 Å². The first-order valence-electron chi connectivity index (χ1n) is 10.1. The smallest absolute Gasteiger partial charge is 0.414 e. The first-order chi connectivity index (χ1) is 13.7. The molecule has 0 spiro atoms. The van der Waals surface area contributed by atoms with Crippen molar-refractivity contribution < 1.29 is 13.9 Å². The molecule has 0 aliphatic carbocycles. The summed E-state index contributed by atoms with van der Waals surface area (Å²) in [4.78, 5) is 14.7. The van der Waals surface area contributed by atoms with Gasteiger partial charge in [-0.2, -0.15) is 0 Å². The van der Waals surface area contributed by atoms with Crippen molar-refractivity contribution in [2.75, 3.05) is 18.0 Å². The maximum Gasteiger partial charge on any atom is 0.414 e. The first kappa shape index (κ1) is 20.0. The van der Waals surface area contributed by atoms with E-state index < -0.39 is 5.60 Å². The minimum Gasteiger partial charge on any atom is -0.443 e. The van der Waals surface area contributed by atoms with E-state index in [2.05, 4.69) is 5.32 Å². The molecular weight excluding hydrogens is 366 g/mol. The molecule has 4 rings (SSSR count). The van der Waals surface area contributed by atoms with Crippen molar-refractivity contribution in [2.45, 2.75) is 50.7 Å². The van der Waals surface area contributed by atoms with E-state index in [-0.39, 0.29) is 23.4 Å². The number of ether oxygens (including phenoxy) is 1. The summed E-state index contributed by atoms with van der Waals surface area (Å²) in [6.45, 7) is 6.95. The molecule has 0 bridgehead atoms. The lowest BCUT2D eigenvalue weighted by atomic mass is 9.67. The molecule has 1 N–H and O–H groups in total. The molecule has 0 saturated carbocycles. The minimum absolute atomic E-state index is 0.0798. The zero-order valence-corrected chi connectivity index (χ0v) is 17.2. The van der Waals surface area contributed by atoms with Crippen LogP contribution >= 0.6 is 0 Å². The summed E-state index contributed by atoms with van der Waals surface area (Å²) in [5, 5.41) is 3.58. The number of hydrogen-bond acceptors (Lipinski definition) is 3. The number of fused-ring (bicyclic) bond motifs is 3. The van der Waals surface area contributed by atoms with Gasteiger partial charge in [-0.3, -0.25) is 4.90 Å². The van der Waals surface area contributed by atoms with E-state index in [9.17, 15) is 9.18 Å². The Labute approximate surface area is 172 Å². The number of carbonyl (C=O) groups is 1. The van der Waals surface area contributed by atoms with E-state index in [1.165, 1.54) is 12.1 Å². The van der Waals surface area contributed by atoms with Gasteiger partial charge in [-0.25, -0.2) is 9.18 Å². The van der Waals surface area contributed by atoms with Crippen molar-refractivity contribution in [3.63, 3.8) is 0 Å². The number of benzene rings is 2. The third-order valence-corrected chi connectivity index (χ3v) is 5.89. The average Bonchev–Trinajstić information content (AvgIpc) is 3.04. The van der Waals surface area contributed by atoms with E-state index >= 15 is 0 Å². The van der Waals surface area contributed by atoms with Crippen LogP contribution in [0.25, 0.3) is 0 Å². The van der Waals surface area contributed by atoms with Crippen LogP contribution in [0.3, 0.4) is 0 Å². The number of halogens is 1. The number of rotatable bonds is 2. The summed E-state index contributed by atoms with van der Waals surface area (Å²) < 4.78 is 19.1. The molecular formula is C23H26BFN2O2. The highest BCUT2D eigenvalue weighted by Crippen LogP contribution is 2.47. The van der Waals surface area contributed by atoms with Gasteiger partial charge in [0.25, 0.3) is 0 Å². The molecule has 150 valence electrons. The van der Waals surface area contributed by atoms with Crippen LogP contribution in [-0.4, -0.2) is 38.7 Å². The van der Waals surface area contributed by atoms with Gasteiger partial charge in [0.05, 0.1) is 5.69 Å². The van der Waals surface area contributed by atoms with Gasteiger partial charge >= 0.3 is 6.09 Å². The predicted octanol–water partition coefficient (Wildman–Crippen LogP) is 3.22. The normalized spacial score (nSPS) is 23.4. The van der Waals surface area contributed by atoms with Crippen molar-refractivity contribution in [3.8, 4) is 0 Å². The Balaban J connectivity index is 1.77. The molecule has 2 aliphatic heterocycles. The quantitative estimate of drug-likeness (QED) is 0.799. The van der Waals surface area contributed by atoms with E-state index in [0.29, 0.717) is 12.0 Å². The van der Waals surface area contributed by atoms with Crippen LogP contribution in [0.4, 0.5) is 14.9 Å². The van der Waals surface area contributed by atoms with Crippen molar-refractivity contribution in [2.24, 2.45) is 0 Å². The molecule has 29 heavy (non-hydrogen) atoms. The lowest BCUT2D eigenvalue weighted by Crippen LogP contribution is -2.56. The zero-order chi connectivity index (χ0) is 20.8. The number of carbonyl (C=O) groups excluding carboxylic acids is 1. The summed E-state index contributed by atoms with van der Waals surface area (Å²) in [5.41, 5.74) is 2.82. The molecule has 6 heteroatoms. The number of hydrogen-bond donors (Lipinski definition) is 1. The molecule has 1 fully saturated rings. The average molecular weight is 392 g/mol. The van der Waals surface area contributed by atoms with E-state index in [1.54, 1.807) is 4.90 Å². The largest absolute Gasteiger partial charge is 0.443 e. The molecule has 2 aromatic rings. The standard InChI is InChI=1S/C23H26BFN2O2/c1-22(2,3)29-21(28)27-14-20-23(10-11-26-20,13-15-4-7-17(25)8-5-15)18-9-6-16(24)12-19(18)27/h4-9,12,20,26H,10-11,13-14H2,1-3H3. The molecule has 2 heterocycles. The van der Waals surface area contributed by atoms with Gasteiger partial charge < -0.3 is 10.1 Å². The van der Waals surface area contributed by atoms with Crippen molar-refractivity contribution in [3.05, 3.63) is 59.4 Å². The van der Waals surface area contributed by atoms with Gasteiger partial charge in [0.15, 0.2) is 0 Å². The van der Waals surface area contributed by atoms with Crippen LogP contribution in [0.5, 0.6) is 0 Å². The van der Waals surface area contributed by atoms with Gasteiger partial charge in [0.1, 0.15) is 19.3 Å². The molecule has 1 amide bonds. The Kier molecular flexibility index (Phi) is 4.93. The summed E-state index contributed by atoms with van der Waals surface area (Å²) >= 11 is 0. The Bertz CT molecular complexity index is 925. The second-order valence-corrected chi connectivity index (χ2v) is 9.08. The second kappa shape index (κ2) is 7.17. The van der Waals surface area contributed by atoms with Crippen molar-refractivity contribution >= 4 is 25.1 Å². The highest BCUT2D eigenvalue weighted by atomic mass is 19.1. The van der Waals surface area contributed by atoms with Gasteiger partial charge in [-0.15, -0.1) is 0 Å². The van der Waals surface area contributed by atoms with Crippen LogP contribution in [0.1, 0.15) is 38.3 Å². The third kappa shape index (κ3) is 3.78. The van der Waals surface area contributed by atoms with Gasteiger partial charge in [0.2, 0.25) is 0 Å². The molecule has 4 nitrogen and oxygen atoms in total. The highest BCUT2D eigenvalue weighted by Gasteiger charge is 2.50. The minimum atomic E-state index is -0.580.